The van der Waals surface area contributed by atoms with Gasteiger partial charge in [-0.05, 0) is 48.2 Å². The third-order valence-corrected chi connectivity index (χ3v) is 4.37. The van der Waals surface area contributed by atoms with E-state index in [9.17, 15) is 10.2 Å². The van der Waals surface area contributed by atoms with E-state index in [1.807, 2.05) is 24.3 Å². The van der Waals surface area contributed by atoms with Crippen molar-refractivity contribution in [2.45, 2.75) is 46.0 Å². The smallest absolute Gasteiger partial charge is 0.122 e. The fourth-order valence-electron chi connectivity index (χ4n) is 3.09. The number of hydrogen-bond acceptors (Lipinski definition) is 4. The van der Waals surface area contributed by atoms with Gasteiger partial charge in [-0.15, -0.1) is 0 Å². The molecule has 136 valence electrons. The predicted molar refractivity (Wildman–Crippen MR) is 100 cm³/mol. The first-order valence-corrected chi connectivity index (χ1v) is 8.81. The summed E-state index contributed by atoms with van der Waals surface area (Å²) in [5, 5.41) is 21.2. The molecule has 25 heavy (non-hydrogen) atoms. The third kappa shape index (κ3) is 4.38. The summed E-state index contributed by atoms with van der Waals surface area (Å²) >= 11 is 0. The van der Waals surface area contributed by atoms with Crippen molar-refractivity contribution in [2.75, 3.05) is 14.2 Å². The van der Waals surface area contributed by atoms with E-state index in [2.05, 4.69) is 13.8 Å². The quantitative estimate of drug-likeness (QED) is 0.734. The standard InChI is InChI=1S/C21H28O4/c1-5-7-14-10-18(24-3)12-16(20(14)22)9-17-13-19(25-4)11-15(8-6-2)21(17)23/h10-13,22-23H,5-9H2,1-4H3. The van der Waals surface area contributed by atoms with E-state index in [1.54, 1.807) is 14.2 Å². The molecule has 0 aliphatic heterocycles. The summed E-state index contributed by atoms with van der Waals surface area (Å²) in [7, 11) is 3.24. The van der Waals surface area contributed by atoms with Crippen molar-refractivity contribution in [1.82, 2.24) is 0 Å². The predicted octanol–water partition coefficient (Wildman–Crippen LogP) is 4.61. The fraction of sp³-hybridized carbons (Fsp3) is 0.429. The largest absolute Gasteiger partial charge is 0.507 e. The number of methoxy groups -OCH3 is 2. The van der Waals surface area contributed by atoms with Crippen LogP contribution in [0, 0.1) is 0 Å². The van der Waals surface area contributed by atoms with Crippen LogP contribution in [0.5, 0.6) is 23.0 Å². The van der Waals surface area contributed by atoms with E-state index >= 15 is 0 Å². The number of ether oxygens (including phenoxy) is 2. The Morgan fingerprint density at radius 2 is 1.04 bits per heavy atom. The molecular weight excluding hydrogens is 316 g/mol. The van der Waals surface area contributed by atoms with Crippen molar-refractivity contribution in [2.24, 2.45) is 0 Å². The fourth-order valence-corrected chi connectivity index (χ4v) is 3.09. The highest BCUT2D eigenvalue weighted by atomic mass is 16.5. The number of aromatic hydroxyl groups is 2. The third-order valence-electron chi connectivity index (χ3n) is 4.37. The molecule has 0 aromatic heterocycles. The molecular formula is C21H28O4. The summed E-state index contributed by atoms with van der Waals surface area (Å²) in [5.41, 5.74) is 3.23. The van der Waals surface area contributed by atoms with Crippen LogP contribution in [0.4, 0.5) is 0 Å². The first kappa shape index (κ1) is 19.0. The van der Waals surface area contributed by atoms with Gasteiger partial charge in [0.15, 0.2) is 0 Å². The van der Waals surface area contributed by atoms with Crippen LogP contribution >= 0.6 is 0 Å². The van der Waals surface area contributed by atoms with Crippen LogP contribution in [-0.4, -0.2) is 24.4 Å². The molecule has 2 aromatic carbocycles. The average molecular weight is 344 g/mol. The Labute approximate surface area is 150 Å². The number of rotatable bonds is 8. The first-order chi connectivity index (χ1) is 12.0. The van der Waals surface area contributed by atoms with Crippen LogP contribution in [0.2, 0.25) is 0 Å². The highest BCUT2D eigenvalue weighted by Gasteiger charge is 2.15. The molecule has 0 radical (unpaired) electrons. The summed E-state index contributed by atoms with van der Waals surface area (Å²) in [4.78, 5) is 0. The maximum absolute atomic E-state index is 10.6. The molecule has 0 aliphatic rings. The van der Waals surface area contributed by atoms with Crippen molar-refractivity contribution >= 4 is 0 Å². The van der Waals surface area contributed by atoms with Crippen LogP contribution in [-0.2, 0) is 19.3 Å². The van der Waals surface area contributed by atoms with Crippen molar-refractivity contribution in [3.05, 3.63) is 46.5 Å². The summed E-state index contributed by atoms with van der Waals surface area (Å²) in [6.45, 7) is 4.15. The van der Waals surface area contributed by atoms with E-state index in [0.717, 1.165) is 47.9 Å². The lowest BCUT2D eigenvalue weighted by molar-refractivity contribution is 0.407. The molecule has 4 nitrogen and oxygen atoms in total. The Kier molecular flexibility index (Phi) is 6.57. The van der Waals surface area contributed by atoms with Gasteiger partial charge in [-0.1, -0.05) is 26.7 Å². The number of phenolic OH excluding ortho intramolecular Hbond substituents is 2. The molecule has 4 heteroatoms. The first-order valence-electron chi connectivity index (χ1n) is 8.81. The molecule has 0 amide bonds. The molecule has 0 aliphatic carbocycles. The number of aryl methyl sites for hydroxylation is 2. The van der Waals surface area contributed by atoms with Gasteiger partial charge in [0.05, 0.1) is 14.2 Å². The zero-order valence-electron chi connectivity index (χ0n) is 15.6. The molecule has 2 rings (SSSR count). The average Bonchev–Trinajstić information content (AvgIpc) is 2.61. The zero-order chi connectivity index (χ0) is 18.4. The SMILES string of the molecule is CCCc1cc(OC)cc(Cc2cc(OC)cc(CCC)c2O)c1O. The van der Waals surface area contributed by atoms with Crippen LogP contribution < -0.4 is 9.47 Å². The molecule has 0 fully saturated rings. The van der Waals surface area contributed by atoms with Crippen LogP contribution in [0.25, 0.3) is 0 Å². The monoisotopic (exact) mass is 344 g/mol. The lowest BCUT2D eigenvalue weighted by Crippen LogP contribution is -1.99. The van der Waals surface area contributed by atoms with Gasteiger partial charge in [0.2, 0.25) is 0 Å². The Bertz CT molecular complexity index is 661. The number of benzene rings is 2. The van der Waals surface area contributed by atoms with Gasteiger partial charge in [-0.25, -0.2) is 0 Å². The van der Waals surface area contributed by atoms with Crippen molar-refractivity contribution in [3.8, 4) is 23.0 Å². The molecule has 0 heterocycles. The van der Waals surface area contributed by atoms with E-state index in [0.29, 0.717) is 17.9 Å². The number of phenols is 2. The van der Waals surface area contributed by atoms with Crippen LogP contribution in [0.1, 0.15) is 48.9 Å². The minimum atomic E-state index is 0.280. The molecule has 0 saturated heterocycles. The van der Waals surface area contributed by atoms with Gasteiger partial charge >= 0.3 is 0 Å². The molecule has 0 atom stereocenters. The molecule has 0 saturated carbocycles. The minimum Gasteiger partial charge on any atom is -0.507 e. The maximum Gasteiger partial charge on any atom is 0.122 e. The van der Waals surface area contributed by atoms with Gasteiger partial charge in [0.1, 0.15) is 23.0 Å². The molecule has 2 aromatic rings. The Morgan fingerprint density at radius 3 is 1.36 bits per heavy atom. The highest BCUT2D eigenvalue weighted by molar-refractivity contribution is 5.53. The van der Waals surface area contributed by atoms with E-state index < -0.39 is 0 Å². The van der Waals surface area contributed by atoms with Gasteiger partial charge in [0.25, 0.3) is 0 Å². The summed E-state index contributed by atoms with van der Waals surface area (Å²) in [5.74, 6) is 1.99. The molecule has 0 spiro atoms. The highest BCUT2D eigenvalue weighted by Crippen LogP contribution is 2.36. The second-order valence-electron chi connectivity index (χ2n) is 6.27. The van der Waals surface area contributed by atoms with E-state index in [4.69, 9.17) is 9.47 Å². The number of hydrogen-bond donors (Lipinski definition) is 2. The Hall–Kier alpha value is -2.36. The molecule has 0 bridgehead atoms. The zero-order valence-corrected chi connectivity index (χ0v) is 15.6. The van der Waals surface area contributed by atoms with Gasteiger partial charge in [-0.2, -0.15) is 0 Å². The van der Waals surface area contributed by atoms with Crippen LogP contribution in [0.3, 0.4) is 0 Å². The summed E-state index contributed by atoms with van der Waals surface area (Å²) in [6.07, 6.45) is 3.85. The normalized spacial score (nSPS) is 10.7. The second-order valence-corrected chi connectivity index (χ2v) is 6.27. The Balaban J connectivity index is 2.48. The Morgan fingerprint density at radius 1 is 0.680 bits per heavy atom. The lowest BCUT2D eigenvalue weighted by Gasteiger charge is -2.15. The van der Waals surface area contributed by atoms with E-state index in [1.165, 1.54) is 0 Å². The van der Waals surface area contributed by atoms with Crippen molar-refractivity contribution in [1.29, 1.82) is 0 Å². The summed E-state index contributed by atoms with van der Waals surface area (Å²) < 4.78 is 10.7. The maximum atomic E-state index is 10.6. The van der Waals surface area contributed by atoms with Gasteiger partial charge in [0, 0.05) is 17.5 Å². The topological polar surface area (TPSA) is 58.9 Å². The van der Waals surface area contributed by atoms with Gasteiger partial charge in [-0.3, -0.25) is 0 Å². The second kappa shape index (κ2) is 8.65. The van der Waals surface area contributed by atoms with Crippen molar-refractivity contribution < 1.29 is 19.7 Å². The summed E-state index contributed by atoms with van der Waals surface area (Å²) in [6, 6.07) is 7.40. The van der Waals surface area contributed by atoms with E-state index in [-0.39, 0.29) is 11.5 Å². The molecule has 0 unspecified atom stereocenters. The van der Waals surface area contributed by atoms with Crippen LogP contribution in [0.15, 0.2) is 24.3 Å². The molecule has 2 N–H and O–H groups in total. The lowest BCUT2D eigenvalue weighted by atomic mass is 9.95. The van der Waals surface area contributed by atoms with Gasteiger partial charge < -0.3 is 19.7 Å². The minimum absolute atomic E-state index is 0.280. The van der Waals surface area contributed by atoms with Crippen molar-refractivity contribution in [3.63, 3.8) is 0 Å².